The van der Waals surface area contributed by atoms with Crippen LogP contribution in [-0.4, -0.2) is 18.7 Å². The molecule has 0 saturated heterocycles. The Balaban J connectivity index is 2.14. The van der Waals surface area contributed by atoms with Gasteiger partial charge in [-0.3, -0.25) is 5.32 Å². The van der Waals surface area contributed by atoms with Gasteiger partial charge in [0, 0.05) is 0 Å². The van der Waals surface area contributed by atoms with Crippen LogP contribution in [0.3, 0.4) is 0 Å². The van der Waals surface area contributed by atoms with E-state index >= 15 is 0 Å². The fourth-order valence-electron chi connectivity index (χ4n) is 2.69. The maximum Gasteiger partial charge on any atom is 0.143 e. The van der Waals surface area contributed by atoms with Crippen molar-refractivity contribution in [2.24, 2.45) is 5.92 Å². The van der Waals surface area contributed by atoms with Crippen molar-refractivity contribution in [2.75, 3.05) is 13.2 Å². The van der Waals surface area contributed by atoms with Gasteiger partial charge in [-0.25, -0.2) is 0 Å². The minimum absolute atomic E-state index is 0.421. The van der Waals surface area contributed by atoms with E-state index in [0.29, 0.717) is 18.4 Å². The first kappa shape index (κ1) is 15.9. The third kappa shape index (κ3) is 3.57. The zero-order valence-corrected chi connectivity index (χ0v) is 13.6. The molecule has 0 aromatic heterocycles. The van der Waals surface area contributed by atoms with E-state index < -0.39 is 5.54 Å². The van der Waals surface area contributed by atoms with Gasteiger partial charge in [-0.1, -0.05) is 32.9 Å². The van der Waals surface area contributed by atoms with Gasteiger partial charge in [-0.2, -0.15) is 5.26 Å². The molecular weight excluding hydrogens is 260 g/mol. The number of hydrogen-bond donors (Lipinski definition) is 1. The maximum absolute atomic E-state index is 9.62. The molecule has 3 heteroatoms. The summed E-state index contributed by atoms with van der Waals surface area (Å²) in [6, 6.07) is 8.83. The second-order valence-electron chi connectivity index (χ2n) is 6.36. The lowest BCUT2D eigenvalue weighted by molar-refractivity contribution is 0.203. The SMILES string of the molecule is CCNC(C#N)(COc1cc(C(C)C)ccc1C)C1CC1. The summed E-state index contributed by atoms with van der Waals surface area (Å²) in [5.74, 6) is 1.81. The van der Waals surface area contributed by atoms with E-state index in [1.165, 1.54) is 5.56 Å². The molecule has 1 fully saturated rings. The molecule has 1 aromatic carbocycles. The summed E-state index contributed by atoms with van der Waals surface area (Å²) in [6.45, 7) is 9.66. The lowest BCUT2D eigenvalue weighted by atomic mass is 9.96. The number of rotatable bonds is 7. The van der Waals surface area contributed by atoms with Crippen molar-refractivity contribution in [3.63, 3.8) is 0 Å². The second kappa shape index (κ2) is 6.49. The van der Waals surface area contributed by atoms with E-state index in [9.17, 15) is 5.26 Å². The van der Waals surface area contributed by atoms with E-state index in [2.05, 4.69) is 50.4 Å². The predicted octanol–water partition coefficient (Wildman–Crippen LogP) is 3.78. The number of nitrogens with one attached hydrogen (secondary N) is 1. The molecule has 0 spiro atoms. The highest BCUT2D eigenvalue weighted by Crippen LogP contribution is 2.40. The average Bonchev–Trinajstić information content (AvgIpc) is 3.29. The molecule has 21 heavy (non-hydrogen) atoms. The van der Waals surface area contributed by atoms with Gasteiger partial charge >= 0.3 is 0 Å². The van der Waals surface area contributed by atoms with Crippen LogP contribution < -0.4 is 10.1 Å². The van der Waals surface area contributed by atoms with Gasteiger partial charge in [-0.15, -0.1) is 0 Å². The van der Waals surface area contributed by atoms with Crippen molar-refractivity contribution in [3.05, 3.63) is 29.3 Å². The molecule has 1 aliphatic rings. The Morgan fingerprint density at radius 2 is 2.14 bits per heavy atom. The van der Waals surface area contributed by atoms with E-state index in [1.807, 2.05) is 6.92 Å². The molecule has 1 unspecified atom stereocenters. The van der Waals surface area contributed by atoms with Crippen molar-refractivity contribution in [1.29, 1.82) is 5.26 Å². The highest BCUT2D eigenvalue weighted by molar-refractivity contribution is 5.38. The lowest BCUT2D eigenvalue weighted by Crippen LogP contribution is -2.50. The Kier molecular flexibility index (Phi) is 4.90. The minimum atomic E-state index is -0.533. The van der Waals surface area contributed by atoms with Crippen LogP contribution in [-0.2, 0) is 0 Å². The summed E-state index contributed by atoms with van der Waals surface area (Å²) in [4.78, 5) is 0. The van der Waals surface area contributed by atoms with E-state index in [-0.39, 0.29) is 0 Å². The Bertz CT molecular complexity index is 529. The lowest BCUT2D eigenvalue weighted by Gasteiger charge is -2.28. The molecule has 3 nitrogen and oxygen atoms in total. The van der Waals surface area contributed by atoms with Crippen LogP contribution in [0.2, 0.25) is 0 Å². The molecule has 114 valence electrons. The van der Waals surface area contributed by atoms with Gasteiger partial charge in [-0.05, 0) is 55.3 Å². The Morgan fingerprint density at radius 3 is 2.67 bits per heavy atom. The first-order valence-electron chi connectivity index (χ1n) is 7.92. The van der Waals surface area contributed by atoms with E-state index in [0.717, 1.165) is 30.7 Å². The Morgan fingerprint density at radius 1 is 1.43 bits per heavy atom. The summed E-state index contributed by atoms with van der Waals surface area (Å²) in [7, 11) is 0. The van der Waals surface area contributed by atoms with Crippen LogP contribution in [0.15, 0.2) is 18.2 Å². The molecule has 0 aliphatic heterocycles. The van der Waals surface area contributed by atoms with Crippen molar-refractivity contribution < 1.29 is 4.74 Å². The highest BCUT2D eigenvalue weighted by atomic mass is 16.5. The first-order chi connectivity index (χ1) is 10.0. The number of nitrogens with zero attached hydrogens (tertiary/aromatic N) is 1. The summed E-state index contributed by atoms with van der Waals surface area (Å²) >= 11 is 0. The van der Waals surface area contributed by atoms with Crippen LogP contribution >= 0.6 is 0 Å². The molecule has 1 N–H and O–H groups in total. The normalized spacial score (nSPS) is 17.3. The second-order valence-corrected chi connectivity index (χ2v) is 6.36. The van der Waals surface area contributed by atoms with Gasteiger partial charge in [0.15, 0.2) is 0 Å². The number of ether oxygens (including phenoxy) is 1. The fraction of sp³-hybridized carbons (Fsp3) is 0.611. The van der Waals surface area contributed by atoms with Crippen molar-refractivity contribution in [1.82, 2.24) is 5.32 Å². The number of aryl methyl sites for hydroxylation is 1. The van der Waals surface area contributed by atoms with Gasteiger partial charge in [0.05, 0.1) is 6.07 Å². The van der Waals surface area contributed by atoms with Gasteiger partial charge in [0.25, 0.3) is 0 Å². The van der Waals surface area contributed by atoms with Crippen LogP contribution in [0, 0.1) is 24.2 Å². The largest absolute Gasteiger partial charge is 0.490 e. The third-order valence-electron chi connectivity index (χ3n) is 4.30. The molecule has 0 bridgehead atoms. The maximum atomic E-state index is 9.62. The quantitative estimate of drug-likeness (QED) is 0.829. The number of likely N-dealkylation sites (N-methyl/N-ethyl adjacent to an activating group) is 1. The van der Waals surface area contributed by atoms with Gasteiger partial charge in [0.1, 0.15) is 17.9 Å². The molecule has 1 saturated carbocycles. The molecular formula is C18H26N2O. The smallest absolute Gasteiger partial charge is 0.143 e. The summed E-state index contributed by atoms with van der Waals surface area (Å²) in [6.07, 6.45) is 2.24. The highest BCUT2D eigenvalue weighted by Gasteiger charge is 2.46. The monoisotopic (exact) mass is 286 g/mol. The number of hydrogen-bond acceptors (Lipinski definition) is 3. The molecule has 0 amide bonds. The third-order valence-corrected chi connectivity index (χ3v) is 4.30. The zero-order chi connectivity index (χ0) is 15.5. The number of nitriles is 1. The predicted molar refractivity (Wildman–Crippen MR) is 85.5 cm³/mol. The Labute approximate surface area is 128 Å². The Hall–Kier alpha value is -1.53. The molecule has 1 aromatic rings. The van der Waals surface area contributed by atoms with Crippen LogP contribution in [0.5, 0.6) is 5.75 Å². The molecule has 2 rings (SSSR count). The minimum Gasteiger partial charge on any atom is -0.490 e. The summed E-state index contributed by atoms with van der Waals surface area (Å²) < 4.78 is 6.05. The molecule has 0 heterocycles. The van der Waals surface area contributed by atoms with Gasteiger partial charge < -0.3 is 4.74 Å². The van der Waals surface area contributed by atoms with Crippen molar-refractivity contribution in [2.45, 2.75) is 52.0 Å². The molecule has 0 radical (unpaired) electrons. The molecule has 1 aliphatic carbocycles. The van der Waals surface area contributed by atoms with Crippen LogP contribution in [0.4, 0.5) is 0 Å². The summed E-state index contributed by atoms with van der Waals surface area (Å²) in [5, 5.41) is 13.0. The van der Waals surface area contributed by atoms with Crippen molar-refractivity contribution >= 4 is 0 Å². The zero-order valence-electron chi connectivity index (χ0n) is 13.6. The summed E-state index contributed by atoms with van der Waals surface area (Å²) in [5.41, 5.74) is 1.86. The standard InChI is InChI=1S/C18H26N2O/c1-5-20-18(11-19,16-8-9-16)12-21-17-10-15(13(2)3)7-6-14(17)4/h6-7,10,13,16,20H,5,8-9,12H2,1-4H3. The van der Waals surface area contributed by atoms with Crippen molar-refractivity contribution in [3.8, 4) is 11.8 Å². The van der Waals surface area contributed by atoms with Crippen LogP contribution in [0.1, 0.15) is 50.7 Å². The van der Waals surface area contributed by atoms with E-state index in [4.69, 9.17) is 4.74 Å². The number of benzene rings is 1. The average molecular weight is 286 g/mol. The topological polar surface area (TPSA) is 45.0 Å². The van der Waals surface area contributed by atoms with Gasteiger partial charge in [0.2, 0.25) is 0 Å². The van der Waals surface area contributed by atoms with E-state index in [1.54, 1.807) is 0 Å². The fourth-order valence-corrected chi connectivity index (χ4v) is 2.69. The first-order valence-corrected chi connectivity index (χ1v) is 7.92. The van der Waals surface area contributed by atoms with Crippen LogP contribution in [0.25, 0.3) is 0 Å². The molecule has 1 atom stereocenters.